The summed E-state index contributed by atoms with van der Waals surface area (Å²) < 4.78 is 0. The summed E-state index contributed by atoms with van der Waals surface area (Å²) in [5.41, 5.74) is 4.02. The molecule has 0 spiro atoms. The second kappa shape index (κ2) is 4.85. The third-order valence-corrected chi connectivity index (χ3v) is 3.59. The number of benzene rings is 1. The zero-order valence-corrected chi connectivity index (χ0v) is 10.6. The Morgan fingerprint density at radius 1 is 1.33 bits per heavy atom. The van der Waals surface area contributed by atoms with Gasteiger partial charge in [0, 0.05) is 11.3 Å². The van der Waals surface area contributed by atoms with Crippen molar-refractivity contribution in [3.05, 3.63) is 47.5 Å². The first kappa shape index (κ1) is 12.3. The fourth-order valence-electron chi connectivity index (χ4n) is 1.55. The average Bonchev–Trinajstić information content (AvgIpc) is 2.23. The lowest BCUT2D eigenvalue weighted by molar-refractivity contribution is 0.486. The van der Waals surface area contributed by atoms with Crippen LogP contribution in [0.2, 0.25) is 0 Å². The molecule has 1 aromatic carbocycles. The van der Waals surface area contributed by atoms with E-state index in [4.69, 9.17) is 11.6 Å². The minimum absolute atomic E-state index is 0.00323. The number of halogens is 1. The van der Waals surface area contributed by atoms with Crippen LogP contribution in [0.15, 0.2) is 30.9 Å². The van der Waals surface area contributed by atoms with E-state index >= 15 is 0 Å². The summed E-state index contributed by atoms with van der Waals surface area (Å²) in [4.78, 5) is 0. The van der Waals surface area contributed by atoms with E-state index < -0.39 is 0 Å². The Morgan fingerprint density at radius 2 is 2.00 bits per heavy atom. The van der Waals surface area contributed by atoms with Crippen molar-refractivity contribution in [2.75, 3.05) is 5.88 Å². The van der Waals surface area contributed by atoms with E-state index in [0.29, 0.717) is 5.88 Å². The highest BCUT2D eigenvalue weighted by molar-refractivity contribution is 6.18. The number of allylic oxidation sites excluding steroid dienone is 1. The monoisotopic (exact) mass is 222 g/mol. The van der Waals surface area contributed by atoms with Crippen LogP contribution in [-0.2, 0) is 6.42 Å². The molecule has 0 radical (unpaired) electrons. The standard InChI is InChI=1S/C14H19Cl/c1-5-14(4,10-15)9-13-7-6-11(2)12(3)8-13/h5-8H,1,9-10H2,2-4H3. The number of alkyl halides is 1. The van der Waals surface area contributed by atoms with Gasteiger partial charge in [-0.25, -0.2) is 0 Å². The van der Waals surface area contributed by atoms with Gasteiger partial charge in [-0.3, -0.25) is 0 Å². The highest BCUT2D eigenvalue weighted by Crippen LogP contribution is 2.26. The molecule has 82 valence electrons. The Hall–Kier alpha value is -0.750. The number of rotatable bonds is 4. The summed E-state index contributed by atoms with van der Waals surface area (Å²) in [5.74, 6) is 0.615. The van der Waals surface area contributed by atoms with Gasteiger partial charge in [0.2, 0.25) is 0 Å². The lowest BCUT2D eigenvalue weighted by atomic mass is 9.85. The number of aryl methyl sites for hydroxylation is 2. The number of hydrogen-bond acceptors (Lipinski definition) is 0. The second-order valence-electron chi connectivity index (χ2n) is 4.59. The van der Waals surface area contributed by atoms with Gasteiger partial charge in [0.25, 0.3) is 0 Å². The van der Waals surface area contributed by atoms with Crippen LogP contribution in [0.1, 0.15) is 23.6 Å². The summed E-state index contributed by atoms with van der Waals surface area (Å²) in [5, 5.41) is 0. The van der Waals surface area contributed by atoms with E-state index in [1.165, 1.54) is 16.7 Å². The molecule has 0 amide bonds. The molecule has 0 saturated carbocycles. The fraction of sp³-hybridized carbons (Fsp3) is 0.429. The normalized spacial score (nSPS) is 14.7. The highest BCUT2D eigenvalue weighted by Gasteiger charge is 2.19. The van der Waals surface area contributed by atoms with Crippen LogP contribution < -0.4 is 0 Å². The summed E-state index contributed by atoms with van der Waals surface area (Å²) in [6.07, 6.45) is 2.91. The van der Waals surface area contributed by atoms with Crippen molar-refractivity contribution in [1.82, 2.24) is 0 Å². The van der Waals surface area contributed by atoms with E-state index in [-0.39, 0.29) is 5.41 Å². The molecular formula is C14H19Cl. The predicted molar refractivity (Wildman–Crippen MR) is 68.6 cm³/mol. The fourth-order valence-corrected chi connectivity index (χ4v) is 1.76. The first-order valence-corrected chi connectivity index (χ1v) is 5.80. The minimum atomic E-state index is 0.00323. The SMILES string of the molecule is C=CC(C)(CCl)Cc1ccc(C)c(C)c1. The molecule has 1 heteroatoms. The van der Waals surface area contributed by atoms with Crippen molar-refractivity contribution >= 4 is 11.6 Å². The summed E-state index contributed by atoms with van der Waals surface area (Å²) in [6, 6.07) is 6.59. The Kier molecular flexibility index (Phi) is 3.98. The van der Waals surface area contributed by atoms with Gasteiger partial charge in [-0.2, -0.15) is 0 Å². The third-order valence-electron chi connectivity index (χ3n) is 2.98. The minimum Gasteiger partial charge on any atom is -0.126 e. The molecule has 0 saturated heterocycles. The van der Waals surface area contributed by atoms with Crippen LogP contribution in [0.25, 0.3) is 0 Å². The first-order valence-electron chi connectivity index (χ1n) is 5.26. The molecule has 1 aromatic rings. The summed E-state index contributed by atoms with van der Waals surface area (Å²) in [7, 11) is 0. The van der Waals surface area contributed by atoms with E-state index in [1.807, 2.05) is 6.08 Å². The van der Waals surface area contributed by atoms with Crippen LogP contribution in [0.3, 0.4) is 0 Å². The molecule has 0 bridgehead atoms. The lowest BCUT2D eigenvalue weighted by Crippen LogP contribution is -2.18. The molecule has 0 fully saturated rings. The molecule has 1 rings (SSSR count). The molecule has 15 heavy (non-hydrogen) atoms. The molecule has 1 unspecified atom stereocenters. The Labute approximate surface area is 98.0 Å². The average molecular weight is 223 g/mol. The largest absolute Gasteiger partial charge is 0.126 e. The molecule has 1 atom stereocenters. The van der Waals surface area contributed by atoms with Gasteiger partial charge in [-0.1, -0.05) is 31.2 Å². The Bertz CT molecular complexity index is 354. The second-order valence-corrected chi connectivity index (χ2v) is 4.85. The quantitative estimate of drug-likeness (QED) is 0.527. The van der Waals surface area contributed by atoms with Gasteiger partial charge in [-0.05, 0) is 37.0 Å². The molecule has 0 aliphatic rings. The van der Waals surface area contributed by atoms with E-state index in [9.17, 15) is 0 Å². The van der Waals surface area contributed by atoms with Crippen LogP contribution in [0.4, 0.5) is 0 Å². The zero-order valence-electron chi connectivity index (χ0n) is 9.81. The van der Waals surface area contributed by atoms with E-state index in [0.717, 1.165) is 6.42 Å². The first-order chi connectivity index (χ1) is 7.00. The van der Waals surface area contributed by atoms with Crippen molar-refractivity contribution in [3.63, 3.8) is 0 Å². The Balaban J connectivity index is 2.89. The highest BCUT2D eigenvalue weighted by atomic mass is 35.5. The smallest absolute Gasteiger partial charge is 0.0315 e. The molecule has 0 heterocycles. The molecule has 0 aromatic heterocycles. The van der Waals surface area contributed by atoms with Crippen LogP contribution in [0.5, 0.6) is 0 Å². The van der Waals surface area contributed by atoms with Gasteiger partial charge in [-0.15, -0.1) is 18.2 Å². The summed E-state index contributed by atoms with van der Waals surface area (Å²) in [6.45, 7) is 10.3. The third kappa shape index (κ3) is 3.10. The van der Waals surface area contributed by atoms with Gasteiger partial charge in [0.1, 0.15) is 0 Å². The topological polar surface area (TPSA) is 0 Å². The van der Waals surface area contributed by atoms with Crippen molar-refractivity contribution in [2.24, 2.45) is 5.41 Å². The van der Waals surface area contributed by atoms with Crippen LogP contribution in [0, 0.1) is 19.3 Å². The van der Waals surface area contributed by atoms with Gasteiger partial charge >= 0.3 is 0 Å². The van der Waals surface area contributed by atoms with Gasteiger partial charge < -0.3 is 0 Å². The molecule has 0 N–H and O–H groups in total. The maximum Gasteiger partial charge on any atom is 0.0315 e. The molecule has 0 aliphatic heterocycles. The van der Waals surface area contributed by atoms with E-state index in [1.54, 1.807) is 0 Å². The van der Waals surface area contributed by atoms with Crippen molar-refractivity contribution in [1.29, 1.82) is 0 Å². The van der Waals surface area contributed by atoms with Crippen LogP contribution >= 0.6 is 11.6 Å². The predicted octanol–water partition coefficient (Wildman–Crippen LogP) is 4.28. The number of hydrogen-bond donors (Lipinski definition) is 0. The molecular weight excluding hydrogens is 204 g/mol. The molecule has 0 nitrogen and oxygen atoms in total. The van der Waals surface area contributed by atoms with Crippen molar-refractivity contribution in [3.8, 4) is 0 Å². The Morgan fingerprint density at radius 3 is 2.47 bits per heavy atom. The van der Waals surface area contributed by atoms with Crippen molar-refractivity contribution in [2.45, 2.75) is 27.2 Å². The summed E-state index contributed by atoms with van der Waals surface area (Å²) >= 11 is 5.96. The zero-order chi connectivity index (χ0) is 11.5. The maximum absolute atomic E-state index is 5.96. The lowest BCUT2D eigenvalue weighted by Gasteiger charge is -2.23. The van der Waals surface area contributed by atoms with Gasteiger partial charge in [0.05, 0.1) is 0 Å². The molecule has 0 aliphatic carbocycles. The van der Waals surface area contributed by atoms with Crippen molar-refractivity contribution < 1.29 is 0 Å². The van der Waals surface area contributed by atoms with E-state index in [2.05, 4.69) is 45.5 Å². The maximum atomic E-state index is 5.96. The van der Waals surface area contributed by atoms with Crippen LogP contribution in [-0.4, -0.2) is 5.88 Å². The van der Waals surface area contributed by atoms with Gasteiger partial charge in [0.15, 0.2) is 0 Å².